The third kappa shape index (κ3) is 3.53. The summed E-state index contributed by atoms with van der Waals surface area (Å²) in [6, 6.07) is 12.5. The Hall–Kier alpha value is -3.42. The molecule has 0 saturated carbocycles. The first-order valence-electron chi connectivity index (χ1n) is 8.41. The third-order valence-electron chi connectivity index (χ3n) is 4.33. The molecule has 142 valence electrons. The number of halogens is 3. The number of rotatable bonds is 4. The zero-order chi connectivity index (χ0) is 19.7. The van der Waals surface area contributed by atoms with E-state index in [4.69, 9.17) is 8.94 Å². The molecule has 0 aliphatic carbocycles. The maximum Gasteiger partial charge on any atom is 0.416 e. The molecule has 0 aliphatic heterocycles. The van der Waals surface area contributed by atoms with Gasteiger partial charge in [0.05, 0.1) is 11.3 Å². The van der Waals surface area contributed by atoms with E-state index in [0.717, 1.165) is 28.8 Å². The van der Waals surface area contributed by atoms with Crippen molar-refractivity contribution >= 4 is 0 Å². The van der Waals surface area contributed by atoms with Gasteiger partial charge in [-0.2, -0.15) is 13.2 Å². The van der Waals surface area contributed by atoms with Crippen molar-refractivity contribution in [1.29, 1.82) is 0 Å². The molecule has 4 rings (SSSR count). The van der Waals surface area contributed by atoms with Crippen LogP contribution in [0.4, 0.5) is 13.2 Å². The van der Waals surface area contributed by atoms with E-state index in [2.05, 4.69) is 15.4 Å². The average molecular weight is 385 g/mol. The highest BCUT2D eigenvalue weighted by Gasteiger charge is 2.30. The third-order valence-corrected chi connectivity index (χ3v) is 4.33. The van der Waals surface area contributed by atoms with E-state index in [9.17, 15) is 13.2 Å². The van der Waals surface area contributed by atoms with E-state index in [1.165, 1.54) is 18.4 Å². The van der Waals surface area contributed by atoms with Crippen LogP contribution in [0, 0.1) is 6.92 Å². The molecule has 8 heteroatoms. The topological polar surface area (TPSA) is 65.0 Å². The predicted octanol–water partition coefficient (Wildman–Crippen LogP) is 5.31. The summed E-state index contributed by atoms with van der Waals surface area (Å²) in [6.07, 6.45) is -2.49. The molecule has 0 radical (unpaired) electrons. The lowest BCUT2D eigenvalue weighted by molar-refractivity contribution is -0.137. The summed E-state index contributed by atoms with van der Waals surface area (Å²) >= 11 is 0. The normalized spacial score (nSPS) is 11.7. The van der Waals surface area contributed by atoms with Crippen molar-refractivity contribution in [1.82, 2.24) is 15.4 Å². The summed E-state index contributed by atoms with van der Waals surface area (Å²) in [5, 5.41) is 11.9. The van der Waals surface area contributed by atoms with Crippen LogP contribution < -0.4 is 0 Å². The van der Waals surface area contributed by atoms with Gasteiger partial charge in [-0.15, -0.1) is 10.2 Å². The van der Waals surface area contributed by atoms with Gasteiger partial charge in [-0.25, -0.2) is 0 Å². The molecule has 0 saturated heterocycles. The lowest BCUT2D eigenvalue weighted by Crippen LogP contribution is -2.04. The number of hydrogen-bond acceptors (Lipinski definition) is 5. The molecule has 0 spiro atoms. The van der Waals surface area contributed by atoms with Crippen LogP contribution in [0.25, 0.3) is 22.9 Å². The number of aromatic nitrogens is 3. The first-order valence-corrected chi connectivity index (χ1v) is 8.41. The summed E-state index contributed by atoms with van der Waals surface area (Å²) in [5.41, 5.74) is 2.90. The second-order valence-electron chi connectivity index (χ2n) is 6.25. The SMILES string of the molecule is Cc1nocc1-c1nnc(-c2ccccc2Cc2ccc(C(F)(F)F)cc2)o1. The maximum absolute atomic E-state index is 12.7. The number of benzene rings is 2. The molecule has 5 nitrogen and oxygen atoms in total. The van der Waals surface area contributed by atoms with Gasteiger partial charge in [0.2, 0.25) is 5.89 Å². The Morgan fingerprint density at radius 1 is 0.893 bits per heavy atom. The molecular formula is C20H14F3N3O2. The Kier molecular flexibility index (Phi) is 4.46. The van der Waals surface area contributed by atoms with E-state index >= 15 is 0 Å². The van der Waals surface area contributed by atoms with Crippen LogP contribution in [0.5, 0.6) is 0 Å². The minimum atomic E-state index is -4.35. The first-order chi connectivity index (χ1) is 13.4. The van der Waals surface area contributed by atoms with Crippen LogP contribution >= 0.6 is 0 Å². The largest absolute Gasteiger partial charge is 0.416 e. The standard InChI is InChI=1S/C20H14F3N3O2/c1-12-17(11-27-26-12)19-25-24-18(28-19)16-5-3-2-4-14(16)10-13-6-8-15(9-7-13)20(21,22)23/h2-9,11H,10H2,1H3. The Morgan fingerprint density at radius 2 is 1.57 bits per heavy atom. The highest BCUT2D eigenvalue weighted by atomic mass is 19.4. The van der Waals surface area contributed by atoms with Crippen molar-refractivity contribution < 1.29 is 22.1 Å². The van der Waals surface area contributed by atoms with Crippen LogP contribution in [0.3, 0.4) is 0 Å². The summed E-state index contributed by atoms with van der Waals surface area (Å²) in [7, 11) is 0. The number of nitrogens with zero attached hydrogens (tertiary/aromatic N) is 3. The van der Waals surface area contributed by atoms with Gasteiger partial charge >= 0.3 is 6.18 Å². The van der Waals surface area contributed by atoms with Crippen molar-refractivity contribution in [2.45, 2.75) is 19.5 Å². The van der Waals surface area contributed by atoms with Gasteiger partial charge in [0.15, 0.2) is 0 Å². The highest BCUT2D eigenvalue weighted by Crippen LogP contribution is 2.31. The molecule has 4 aromatic rings. The maximum atomic E-state index is 12.7. The quantitative estimate of drug-likeness (QED) is 0.476. The second-order valence-corrected chi connectivity index (χ2v) is 6.25. The summed E-state index contributed by atoms with van der Waals surface area (Å²) in [5.74, 6) is 0.608. The van der Waals surface area contributed by atoms with Gasteiger partial charge in [0.25, 0.3) is 5.89 Å². The average Bonchev–Trinajstić information content (AvgIpc) is 3.31. The van der Waals surface area contributed by atoms with Gasteiger partial charge in [-0.3, -0.25) is 0 Å². The fourth-order valence-corrected chi connectivity index (χ4v) is 2.85. The highest BCUT2D eigenvalue weighted by molar-refractivity contribution is 5.62. The fraction of sp³-hybridized carbons (Fsp3) is 0.150. The van der Waals surface area contributed by atoms with Crippen molar-refractivity contribution in [3.05, 3.63) is 77.2 Å². The molecule has 0 fully saturated rings. The zero-order valence-electron chi connectivity index (χ0n) is 14.7. The Labute approximate surface area is 157 Å². The molecule has 0 amide bonds. The van der Waals surface area contributed by atoms with Crippen LogP contribution in [0.15, 0.2) is 63.7 Å². The smallest absolute Gasteiger partial charge is 0.416 e. The molecule has 2 aromatic carbocycles. The second kappa shape index (κ2) is 6.95. The van der Waals surface area contributed by atoms with E-state index in [1.807, 2.05) is 24.3 Å². The van der Waals surface area contributed by atoms with Gasteiger partial charge < -0.3 is 8.94 Å². The van der Waals surface area contributed by atoms with E-state index in [0.29, 0.717) is 23.6 Å². The van der Waals surface area contributed by atoms with Crippen LogP contribution in [-0.4, -0.2) is 15.4 Å². The predicted molar refractivity (Wildman–Crippen MR) is 94.2 cm³/mol. The molecule has 0 unspecified atom stereocenters. The molecule has 0 N–H and O–H groups in total. The van der Waals surface area contributed by atoms with E-state index in [-0.39, 0.29) is 5.89 Å². The molecular weight excluding hydrogens is 371 g/mol. The molecule has 28 heavy (non-hydrogen) atoms. The van der Waals surface area contributed by atoms with E-state index in [1.54, 1.807) is 6.92 Å². The Balaban J connectivity index is 1.63. The minimum Gasteiger partial charge on any atom is -0.416 e. The molecule has 0 aliphatic rings. The van der Waals surface area contributed by atoms with Gasteiger partial charge in [0, 0.05) is 5.56 Å². The van der Waals surface area contributed by atoms with E-state index < -0.39 is 11.7 Å². The number of hydrogen-bond donors (Lipinski definition) is 0. The lowest BCUT2D eigenvalue weighted by atomic mass is 9.99. The Bertz CT molecular complexity index is 1100. The van der Waals surface area contributed by atoms with Gasteiger partial charge in [0.1, 0.15) is 11.8 Å². The van der Waals surface area contributed by atoms with Gasteiger partial charge in [-0.1, -0.05) is 35.5 Å². The Morgan fingerprint density at radius 3 is 2.21 bits per heavy atom. The molecule has 0 bridgehead atoms. The van der Waals surface area contributed by atoms with Crippen LogP contribution in [0.2, 0.25) is 0 Å². The van der Waals surface area contributed by atoms with Crippen molar-refractivity contribution in [2.24, 2.45) is 0 Å². The number of alkyl halides is 3. The van der Waals surface area contributed by atoms with Crippen LogP contribution in [0.1, 0.15) is 22.4 Å². The summed E-state index contributed by atoms with van der Waals surface area (Å²) in [4.78, 5) is 0. The summed E-state index contributed by atoms with van der Waals surface area (Å²) in [6.45, 7) is 1.77. The first kappa shape index (κ1) is 18.0. The minimum absolute atomic E-state index is 0.290. The summed E-state index contributed by atoms with van der Waals surface area (Å²) < 4.78 is 48.9. The van der Waals surface area contributed by atoms with Crippen molar-refractivity contribution in [2.75, 3.05) is 0 Å². The van der Waals surface area contributed by atoms with Crippen molar-refractivity contribution in [3.8, 4) is 22.9 Å². The monoisotopic (exact) mass is 385 g/mol. The molecule has 2 aromatic heterocycles. The fourth-order valence-electron chi connectivity index (χ4n) is 2.85. The lowest BCUT2D eigenvalue weighted by Gasteiger charge is -2.09. The molecule has 2 heterocycles. The van der Waals surface area contributed by atoms with Gasteiger partial charge in [-0.05, 0) is 42.7 Å². The molecule has 0 atom stereocenters. The zero-order valence-corrected chi connectivity index (χ0v) is 14.7. The van der Waals surface area contributed by atoms with Crippen molar-refractivity contribution in [3.63, 3.8) is 0 Å². The van der Waals surface area contributed by atoms with Crippen LogP contribution in [-0.2, 0) is 12.6 Å². The number of aryl methyl sites for hydroxylation is 1.